The number of phenols is 1. The Morgan fingerprint density at radius 3 is 2.50 bits per heavy atom. The van der Waals surface area contributed by atoms with Crippen LogP contribution in [0, 0.1) is 6.92 Å². The molecule has 8 heteroatoms. The summed E-state index contributed by atoms with van der Waals surface area (Å²) in [5.41, 5.74) is 7.60. The zero-order valence-electron chi connectivity index (χ0n) is 13.7. The van der Waals surface area contributed by atoms with Crippen molar-refractivity contribution in [3.63, 3.8) is 0 Å². The van der Waals surface area contributed by atoms with Gasteiger partial charge < -0.3 is 16.2 Å². The van der Waals surface area contributed by atoms with Gasteiger partial charge in [0.1, 0.15) is 5.75 Å². The van der Waals surface area contributed by atoms with Gasteiger partial charge in [0.2, 0.25) is 0 Å². The van der Waals surface area contributed by atoms with E-state index >= 15 is 0 Å². The van der Waals surface area contributed by atoms with Gasteiger partial charge in [-0.2, -0.15) is 8.42 Å². The average molecular weight is 372 g/mol. The maximum absolute atomic E-state index is 12.6. The minimum Gasteiger partial charge on any atom is -0.508 e. The standard InChI is InChI=1S/C18H16N2O5S/c1-10-2-5-16(19)15(6-10)18(22)20-17-9-12(21)7-11-8-13(26(23,24)25)3-4-14(11)17/h2-9,21H,19H2,1H3,(H,20,22)(H,23,24,25). The molecule has 0 fully saturated rings. The number of fused-ring (bicyclic) bond motifs is 1. The molecular formula is C18H16N2O5S. The number of aromatic hydroxyl groups is 1. The number of nitrogens with one attached hydrogen (secondary N) is 1. The fraction of sp³-hybridized carbons (Fsp3) is 0.0556. The van der Waals surface area contributed by atoms with E-state index in [9.17, 15) is 18.3 Å². The molecule has 0 radical (unpaired) electrons. The molecule has 0 aliphatic heterocycles. The third kappa shape index (κ3) is 3.46. The molecule has 0 aliphatic rings. The number of nitrogens with two attached hydrogens (primary N) is 1. The Labute approximate surface area is 149 Å². The second kappa shape index (κ2) is 6.32. The number of rotatable bonds is 3. The fourth-order valence-corrected chi connectivity index (χ4v) is 3.17. The van der Waals surface area contributed by atoms with E-state index in [0.717, 1.165) is 5.56 Å². The summed E-state index contributed by atoms with van der Waals surface area (Å²) in [4.78, 5) is 12.3. The lowest BCUT2D eigenvalue weighted by atomic mass is 10.1. The van der Waals surface area contributed by atoms with Crippen molar-refractivity contribution in [2.45, 2.75) is 11.8 Å². The Morgan fingerprint density at radius 1 is 1.08 bits per heavy atom. The number of aryl methyl sites for hydroxylation is 1. The van der Waals surface area contributed by atoms with E-state index < -0.39 is 16.0 Å². The highest BCUT2D eigenvalue weighted by Crippen LogP contribution is 2.31. The Kier molecular flexibility index (Phi) is 4.31. The molecule has 26 heavy (non-hydrogen) atoms. The second-order valence-corrected chi connectivity index (χ2v) is 7.32. The predicted molar refractivity (Wildman–Crippen MR) is 99.0 cm³/mol. The summed E-state index contributed by atoms with van der Waals surface area (Å²) in [6.45, 7) is 1.83. The molecule has 7 nitrogen and oxygen atoms in total. The van der Waals surface area contributed by atoms with Crippen molar-refractivity contribution in [3.05, 3.63) is 59.7 Å². The SMILES string of the molecule is Cc1ccc(N)c(C(=O)Nc2cc(O)cc3cc(S(=O)(=O)O)ccc23)c1. The normalized spacial score (nSPS) is 11.5. The van der Waals surface area contributed by atoms with Gasteiger partial charge in [-0.15, -0.1) is 0 Å². The molecule has 0 heterocycles. The molecule has 3 rings (SSSR count). The van der Waals surface area contributed by atoms with Crippen LogP contribution in [0.15, 0.2) is 53.4 Å². The van der Waals surface area contributed by atoms with E-state index in [1.54, 1.807) is 18.2 Å². The van der Waals surface area contributed by atoms with Crippen molar-refractivity contribution in [1.82, 2.24) is 0 Å². The molecule has 0 saturated carbocycles. The van der Waals surface area contributed by atoms with Crippen molar-refractivity contribution < 1.29 is 22.9 Å². The topological polar surface area (TPSA) is 130 Å². The van der Waals surface area contributed by atoms with Crippen LogP contribution in [-0.4, -0.2) is 24.0 Å². The van der Waals surface area contributed by atoms with Crippen LogP contribution in [0.25, 0.3) is 10.8 Å². The smallest absolute Gasteiger partial charge is 0.294 e. The number of carbonyl (C=O) groups excluding carboxylic acids is 1. The molecule has 134 valence electrons. The number of nitrogen functional groups attached to an aromatic ring is 1. The molecule has 0 aliphatic carbocycles. The summed E-state index contributed by atoms with van der Waals surface area (Å²) in [5, 5.41) is 13.4. The Hall–Kier alpha value is -3.10. The summed E-state index contributed by atoms with van der Waals surface area (Å²) in [6, 6.07) is 11.6. The van der Waals surface area contributed by atoms with Crippen LogP contribution < -0.4 is 11.1 Å². The van der Waals surface area contributed by atoms with Gasteiger partial charge in [-0.05, 0) is 42.6 Å². The zero-order valence-corrected chi connectivity index (χ0v) is 14.5. The highest BCUT2D eigenvalue weighted by Gasteiger charge is 2.15. The number of phenolic OH excluding ortho intramolecular Hbond substituents is 1. The minimum absolute atomic E-state index is 0.169. The van der Waals surface area contributed by atoms with E-state index in [-0.39, 0.29) is 21.9 Å². The van der Waals surface area contributed by atoms with Crippen LogP contribution in [0.4, 0.5) is 11.4 Å². The summed E-state index contributed by atoms with van der Waals surface area (Å²) in [7, 11) is -4.38. The lowest BCUT2D eigenvalue weighted by molar-refractivity contribution is 0.102. The fourth-order valence-electron chi connectivity index (χ4n) is 2.65. The summed E-state index contributed by atoms with van der Waals surface area (Å²) in [6.07, 6.45) is 0. The highest BCUT2D eigenvalue weighted by molar-refractivity contribution is 7.85. The quantitative estimate of drug-likeness (QED) is 0.413. The molecule has 5 N–H and O–H groups in total. The van der Waals surface area contributed by atoms with E-state index in [2.05, 4.69) is 5.32 Å². The molecule has 0 bridgehead atoms. The van der Waals surface area contributed by atoms with Crippen molar-refractivity contribution in [1.29, 1.82) is 0 Å². The minimum atomic E-state index is -4.38. The Morgan fingerprint density at radius 2 is 1.81 bits per heavy atom. The highest BCUT2D eigenvalue weighted by atomic mass is 32.2. The first-order valence-corrected chi connectivity index (χ1v) is 9.01. The summed E-state index contributed by atoms with van der Waals surface area (Å²) < 4.78 is 31.7. The van der Waals surface area contributed by atoms with Crippen LogP contribution in [0.2, 0.25) is 0 Å². The molecule has 0 atom stereocenters. The van der Waals surface area contributed by atoms with E-state index in [1.165, 1.54) is 30.3 Å². The first kappa shape index (κ1) is 17.7. The molecule has 3 aromatic carbocycles. The number of benzene rings is 3. The number of anilines is 2. The van der Waals surface area contributed by atoms with Crippen LogP contribution in [0.3, 0.4) is 0 Å². The Bertz CT molecular complexity index is 1140. The maximum Gasteiger partial charge on any atom is 0.294 e. The van der Waals surface area contributed by atoms with E-state index in [4.69, 9.17) is 10.3 Å². The summed E-state index contributed by atoms with van der Waals surface area (Å²) >= 11 is 0. The van der Waals surface area contributed by atoms with Gasteiger partial charge in [-0.1, -0.05) is 17.7 Å². The number of amides is 1. The molecular weight excluding hydrogens is 356 g/mol. The zero-order chi connectivity index (χ0) is 19.1. The van der Waals surface area contributed by atoms with Crippen LogP contribution in [0.5, 0.6) is 5.75 Å². The molecule has 0 saturated heterocycles. The van der Waals surface area contributed by atoms with E-state index in [0.29, 0.717) is 16.5 Å². The first-order chi connectivity index (χ1) is 12.1. The van der Waals surface area contributed by atoms with Crippen LogP contribution in [-0.2, 0) is 10.1 Å². The van der Waals surface area contributed by atoms with Gasteiger partial charge in [0, 0.05) is 17.1 Å². The van der Waals surface area contributed by atoms with Gasteiger partial charge >= 0.3 is 0 Å². The maximum atomic E-state index is 12.6. The van der Waals surface area contributed by atoms with Crippen molar-refractivity contribution in [3.8, 4) is 5.75 Å². The van der Waals surface area contributed by atoms with Crippen molar-refractivity contribution in [2.24, 2.45) is 0 Å². The first-order valence-electron chi connectivity index (χ1n) is 7.57. The second-order valence-electron chi connectivity index (χ2n) is 5.90. The molecule has 3 aromatic rings. The number of hydrogen-bond donors (Lipinski definition) is 4. The Balaban J connectivity index is 2.07. The van der Waals surface area contributed by atoms with Gasteiger partial charge in [0.25, 0.3) is 16.0 Å². The average Bonchev–Trinajstić information content (AvgIpc) is 2.55. The predicted octanol–water partition coefficient (Wildman–Crippen LogP) is 2.94. The monoisotopic (exact) mass is 372 g/mol. The van der Waals surface area contributed by atoms with Crippen molar-refractivity contribution in [2.75, 3.05) is 11.1 Å². The lowest BCUT2D eigenvalue weighted by Crippen LogP contribution is -2.14. The van der Waals surface area contributed by atoms with Gasteiger partial charge in [-0.3, -0.25) is 9.35 Å². The largest absolute Gasteiger partial charge is 0.508 e. The lowest BCUT2D eigenvalue weighted by Gasteiger charge is -2.12. The molecule has 0 unspecified atom stereocenters. The molecule has 1 amide bonds. The van der Waals surface area contributed by atoms with Gasteiger partial charge in [0.05, 0.1) is 16.1 Å². The number of hydrogen-bond acceptors (Lipinski definition) is 5. The summed E-state index contributed by atoms with van der Waals surface area (Å²) in [5.74, 6) is -0.630. The molecule has 0 aromatic heterocycles. The van der Waals surface area contributed by atoms with Crippen molar-refractivity contribution >= 4 is 38.2 Å². The van der Waals surface area contributed by atoms with Gasteiger partial charge in [0.15, 0.2) is 0 Å². The van der Waals surface area contributed by atoms with Crippen LogP contribution >= 0.6 is 0 Å². The number of carbonyl (C=O) groups is 1. The third-order valence-electron chi connectivity index (χ3n) is 3.91. The van der Waals surface area contributed by atoms with E-state index in [1.807, 2.05) is 6.92 Å². The van der Waals surface area contributed by atoms with Crippen LogP contribution in [0.1, 0.15) is 15.9 Å². The van der Waals surface area contributed by atoms with Gasteiger partial charge in [-0.25, -0.2) is 0 Å². The molecule has 0 spiro atoms. The third-order valence-corrected chi connectivity index (χ3v) is 4.76.